The molecule has 0 aromatic carbocycles. The van der Waals surface area contributed by atoms with Gasteiger partial charge in [0, 0.05) is 12.2 Å². The average molecular weight is 290 g/mol. The molecule has 7 nitrogen and oxygen atoms in total. The topological polar surface area (TPSA) is 80.4 Å². The van der Waals surface area contributed by atoms with Gasteiger partial charge in [-0.05, 0) is 45.1 Å². The Labute approximate surface area is 121 Å². The third-order valence-electron chi connectivity index (χ3n) is 4.06. The van der Waals surface area contributed by atoms with Crippen LogP contribution in [0.2, 0.25) is 0 Å². The summed E-state index contributed by atoms with van der Waals surface area (Å²) in [6.07, 6.45) is 3.36. The van der Waals surface area contributed by atoms with Crippen LogP contribution in [0.4, 0.5) is 0 Å². The lowest BCUT2D eigenvalue weighted by Crippen LogP contribution is -2.36. The Hall–Kier alpha value is -2.15. The van der Waals surface area contributed by atoms with Crippen LogP contribution in [0, 0.1) is 0 Å². The predicted octanol–water partition coefficient (Wildman–Crippen LogP) is 0.549. The molecule has 7 heteroatoms. The molecule has 0 saturated carbocycles. The van der Waals surface area contributed by atoms with Crippen LogP contribution in [0.25, 0.3) is 11.2 Å². The van der Waals surface area contributed by atoms with Gasteiger partial charge in [-0.2, -0.15) is 0 Å². The van der Waals surface area contributed by atoms with Crippen LogP contribution in [0.3, 0.4) is 0 Å². The molecule has 0 unspecified atom stereocenters. The highest BCUT2D eigenvalue weighted by Crippen LogP contribution is 2.24. The molecule has 1 saturated heterocycles. The number of piperidine rings is 1. The second kappa shape index (κ2) is 5.33. The number of pyridine rings is 1. The van der Waals surface area contributed by atoms with Crippen LogP contribution in [0.5, 0.6) is 0 Å². The number of carbonyl (C=O) groups is 1. The first-order valence-electron chi connectivity index (χ1n) is 7.04. The summed E-state index contributed by atoms with van der Waals surface area (Å²) in [7, 11) is 2.06. The van der Waals surface area contributed by atoms with Crippen LogP contribution >= 0.6 is 0 Å². The maximum atomic E-state index is 12.6. The first-order chi connectivity index (χ1) is 10.1. The van der Waals surface area contributed by atoms with E-state index in [1.54, 1.807) is 16.8 Å². The molecule has 21 heavy (non-hydrogen) atoms. The van der Waals surface area contributed by atoms with Crippen molar-refractivity contribution in [1.29, 1.82) is 0 Å². The lowest BCUT2D eigenvalue weighted by atomic mass is 10.1. The maximum Gasteiger partial charge on any atom is 0.331 e. The summed E-state index contributed by atoms with van der Waals surface area (Å²) >= 11 is 0. The van der Waals surface area contributed by atoms with Crippen molar-refractivity contribution in [2.24, 2.45) is 0 Å². The van der Waals surface area contributed by atoms with Gasteiger partial charge < -0.3 is 10.0 Å². The molecule has 1 N–H and O–H groups in total. The van der Waals surface area contributed by atoms with Gasteiger partial charge in [0.25, 0.3) is 0 Å². The number of nitrogens with zero attached hydrogens (tertiary/aromatic N) is 4. The van der Waals surface area contributed by atoms with Crippen LogP contribution in [0.15, 0.2) is 23.1 Å². The van der Waals surface area contributed by atoms with E-state index in [1.807, 2.05) is 6.07 Å². The van der Waals surface area contributed by atoms with Crippen molar-refractivity contribution >= 4 is 17.1 Å². The van der Waals surface area contributed by atoms with Crippen molar-refractivity contribution in [2.45, 2.75) is 25.4 Å². The Morgan fingerprint density at radius 1 is 1.43 bits per heavy atom. The highest BCUT2D eigenvalue weighted by Gasteiger charge is 2.24. The molecule has 1 aliphatic heterocycles. The summed E-state index contributed by atoms with van der Waals surface area (Å²) in [5.41, 5.74) is 0.891. The van der Waals surface area contributed by atoms with Gasteiger partial charge in [-0.3, -0.25) is 13.9 Å². The van der Waals surface area contributed by atoms with E-state index in [0.29, 0.717) is 5.65 Å². The molecule has 1 fully saturated rings. The molecule has 2 aromatic rings. The molecule has 3 rings (SSSR count). The van der Waals surface area contributed by atoms with Crippen LogP contribution in [-0.4, -0.2) is 50.2 Å². The van der Waals surface area contributed by atoms with E-state index in [-0.39, 0.29) is 18.3 Å². The van der Waals surface area contributed by atoms with Gasteiger partial charge in [0.1, 0.15) is 6.54 Å². The van der Waals surface area contributed by atoms with Crippen molar-refractivity contribution in [3.8, 4) is 0 Å². The molecule has 0 amide bonds. The van der Waals surface area contributed by atoms with Crippen LogP contribution < -0.4 is 5.69 Å². The van der Waals surface area contributed by atoms with Crippen molar-refractivity contribution in [2.75, 3.05) is 20.1 Å². The van der Waals surface area contributed by atoms with E-state index in [0.717, 1.165) is 31.4 Å². The van der Waals surface area contributed by atoms with Crippen LogP contribution in [0.1, 0.15) is 18.9 Å². The largest absolute Gasteiger partial charge is 0.480 e. The molecule has 112 valence electrons. The zero-order chi connectivity index (χ0) is 15.0. The number of aliphatic carboxylic acids is 1. The van der Waals surface area contributed by atoms with Gasteiger partial charge in [0.05, 0.1) is 5.52 Å². The number of hydrogen-bond donors (Lipinski definition) is 1. The standard InChI is InChI=1S/C14H18N4O3/c1-16-7-4-10(5-8-16)18-11-3-2-6-15-13(11)17(14(18)21)9-12(19)20/h2-3,6,10H,4-5,7-9H2,1H3,(H,19,20). The first-order valence-corrected chi connectivity index (χ1v) is 7.04. The number of carboxylic acids is 1. The molecule has 0 radical (unpaired) electrons. The first kappa shape index (κ1) is 13.8. The number of likely N-dealkylation sites (tertiary alicyclic amines) is 1. The summed E-state index contributed by atoms with van der Waals surface area (Å²) < 4.78 is 2.97. The number of rotatable bonds is 3. The number of aromatic nitrogens is 3. The Morgan fingerprint density at radius 3 is 2.81 bits per heavy atom. The lowest BCUT2D eigenvalue weighted by molar-refractivity contribution is -0.137. The fraction of sp³-hybridized carbons (Fsp3) is 0.500. The second-order valence-corrected chi connectivity index (χ2v) is 5.51. The van der Waals surface area contributed by atoms with Gasteiger partial charge >= 0.3 is 11.7 Å². The normalized spacial score (nSPS) is 17.4. The quantitative estimate of drug-likeness (QED) is 0.893. The smallest absolute Gasteiger partial charge is 0.331 e. The Morgan fingerprint density at radius 2 is 2.14 bits per heavy atom. The van der Waals surface area contributed by atoms with Crippen molar-refractivity contribution < 1.29 is 9.90 Å². The molecule has 0 atom stereocenters. The lowest BCUT2D eigenvalue weighted by Gasteiger charge is -2.29. The van der Waals surface area contributed by atoms with Gasteiger partial charge in [-0.1, -0.05) is 0 Å². The van der Waals surface area contributed by atoms with Crippen molar-refractivity contribution in [3.05, 3.63) is 28.8 Å². The Balaban J connectivity index is 2.12. The van der Waals surface area contributed by atoms with Gasteiger partial charge in [0.2, 0.25) is 0 Å². The van der Waals surface area contributed by atoms with E-state index in [9.17, 15) is 9.59 Å². The summed E-state index contributed by atoms with van der Waals surface area (Å²) in [6.45, 7) is 1.51. The second-order valence-electron chi connectivity index (χ2n) is 5.51. The Bertz CT molecular complexity index is 725. The van der Waals surface area contributed by atoms with Crippen molar-refractivity contribution in [3.63, 3.8) is 0 Å². The van der Waals surface area contributed by atoms with Gasteiger partial charge in [0.15, 0.2) is 5.65 Å². The molecule has 0 spiro atoms. The molecule has 0 aliphatic carbocycles. The molecule has 2 aromatic heterocycles. The van der Waals surface area contributed by atoms with E-state index in [2.05, 4.69) is 16.9 Å². The van der Waals surface area contributed by atoms with Crippen molar-refractivity contribution in [1.82, 2.24) is 19.0 Å². The minimum Gasteiger partial charge on any atom is -0.480 e. The number of fused-ring (bicyclic) bond motifs is 1. The number of carboxylic acid groups (broad SMARTS) is 1. The summed E-state index contributed by atoms with van der Waals surface area (Å²) in [5, 5.41) is 9.00. The number of imidazole rings is 1. The van der Waals surface area contributed by atoms with Gasteiger partial charge in [-0.15, -0.1) is 0 Å². The van der Waals surface area contributed by atoms with E-state index < -0.39 is 5.97 Å². The summed E-state index contributed by atoms with van der Waals surface area (Å²) in [6, 6.07) is 3.72. The summed E-state index contributed by atoms with van der Waals surface area (Å²) in [5.74, 6) is -1.04. The zero-order valence-electron chi connectivity index (χ0n) is 11.9. The van der Waals surface area contributed by atoms with Crippen LogP contribution in [-0.2, 0) is 11.3 Å². The SMILES string of the molecule is CN1CCC(n2c(=O)n(CC(=O)O)c3ncccc32)CC1. The molecule has 0 bridgehead atoms. The third-order valence-corrected chi connectivity index (χ3v) is 4.06. The van der Waals surface area contributed by atoms with E-state index in [1.165, 1.54) is 4.57 Å². The minimum absolute atomic E-state index is 0.107. The summed E-state index contributed by atoms with van der Waals surface area (Å²) in [4.78, 5) is 30.0. The highest BCUT2D eigenvalue weighted by molar-refractivity contribution is 5.74. The average Bonchev–Trinajstić information content (AvgIpc) is 2.73. The molecular weight excluding hydrogens is 272 g/mol. The van der Waals surface area contributed by atoms with E-state index >= 15 is 0 Å². The third kappa shape index (κ3) is 2.44. The zero-order valence-corrected chi connectivity index (χ0v) is 11.9. The highest BCUT2D eigenvalue weighted by atomic mass is 16.4. The van der Waals surface area contributed by atoms with Gasteiger partial charge in [-0.25, -0.2) is 9.78 Å². The molecule has 1 aliphatic rings. The fourth-order valence-corrected chi connectivity index (χ4v) is 2.99. The minimum atomic E-state index is -1.04. The fourth-order valence-electron chi connectivity index (χ4n) is 2.99. The molecular formula is C14H18N4O3. The maximum absolute atomic E-state index is 12.6. The predicted molar refractivity (Wildman–Crippen MR) is 77.4 cm³/mol. The van der Waals surface area contributed by atoms with E-state index in [4.69, 9.17) is 5.11 Å². The Kier molecular flexibility index (Phi) is 3.50. The number of hydrogen-bond acceptors (Lipinski definition) is 4. The monoisotopic (exact) mass is 290 g/mol. The molecule has 3 heterocycles.